The van der Waals surface area contributed by atoms with Crippen LogP contribution in [0, 0.1) is 0 Å². The standard InChI is InChI=1S/C37H24O2/c38-27-15-9-23(10-16-27)25-13-19-31-32-20-14-26(24-11-17-28(39)18-12-24)22-36(32)37(35(31)21-25)33-7-3-1-5-29(33)30-6-2-4-8-34(30)37/h1-22,38-39H. The summed E-state index contributed by atoms with van der Waals surface area (Å²) in [4.78, 5) is 0. The molecule has 0 atom stereocenters. The van der Waals surface area contributed by atoms with Gasteiger partial charge in [-0.05, 0) is 103 Å². The first-order chi connectivity index (χ1) is 19.1. The molecule has 8 rings (SSSR count). The smallest absolute Gasteiger partial charge is 0.115 e. The van der Waals surface area contributed by atoms with Crippen molar-refractivity contribution in [3.05, 3.63) is 156 Å². The van der Waals surface area contributed by atoms with Crippen LogP contribution in [0.3, 0.4) is 0 Å². The molecule has 0 fully saturated rings. The maximum Gasteiger partial charge on any atom is 0.115 e. The van der Waals surface area contributed by atoms with Crippen LogP contribution in [-0.2, 0) is 5.41 Å². The maximum absolute atomic E-state index is 9.88. The van der Waals surface area contributed by atoms with Crippen LogP contribution in [0.4, 0.5) is 0 Å². The average molecular weight is 501 g/mol. The lowest BCUT2D eigenvalue weighted by Gasteiger charge is -2.31. The molecule has 2 nitrogen and oxygen atoms in total. The molecule has 0 bridgehead atoms. The van der Waals surface area contributed by atoms with Gasteiger partial charge in [-0.1, -0.05) is 97.1 Å². The Labute approximate surface area is 227 Å². The van der Waals surface area contributed by atoms with Crippen molar-refractivity contribution in [2.75, 3.05) is 0 Å². The minimum absolute atomic E-state index is 0.268. The summed E-state index contributed by atoms with van der Waals surface area (Å²) < 4.78 is 0. The number of hydrogen-bond acceptors (Lipinski definition) is 2. The summed E-state index contributed by atoms with van der Waals surface area (Å²) in [5, 5.41) is 19.8. The predicted molar refractivity (Wildman–Crippen MR) is 157 cm³/mol. The Morgan fingerprint density at radius 1 is 0.333 bits per heavy atom. The van der Waals surface area contributed by atoms with E-state index in [4.69, 9.17) is 0 Å². The molecule has 0 saturated carbocycles. The van der Waals surface area contributed by atoms with Gasteiger partial charge in [0.05, 0.1) is 5.41 Å². The highest BCUT2D eigenvalue weighted by atomic mass is 16.3. The van der Waals surface area contributed by atoms with Crippen molar-refractivity contribution >= 4 is 0 Å². The molecule has 0 aliphatic heterocycles. The summed E-state index contributed by atoms with van der Waals surface area (Å²) >= 11 is 0. The molecule has 0 radical (unpaired) electrons. The topological polar surface area (TPSA) is 40.5 Å². The first-order valence-electron chi connectivity index (χ1n) is 13.2. The molecule has 0 heterocycles. The van der Waals surface area contributed by atoms with Crippen LogP contribution < -0.4 is 0 Å². The molecule has 2 aliphatic carbocycles. The molecule has 1 spiro atoms. The Morgan fingerprint density at radius 3 is 1.13 bits per heavy atom. The van der Waals surface area contributed by atoms with Crippen molar-refractivity contribution < 1.29 is 10.2 Å². The zero-order valence-electron chi connectivity index (χ0n) is 21.1. The number of phenols is 2. The van der Waals surface area contributed by atoms with Gasteiger partial charge in [-0.2, -0.15) is 0 Å². The molecule has 6 aromatic rings. The van der Waals surface area contributed by atoms with Gasteiger partial charge in [-0.25, -0.2) is 0 Å². The first kappa shape index (κ1) is 22.0. The molecule has 2 heteroatoms. The Balaban J connectivity index is 1.47. The molecular weight excluding hydrogens is 476 g/mol. The molecule has 184 valence electrons. The van der Waals surface area contributed by atoms with Crippen molar-refractivity contribution in [2.45, 2.75) is 5.41 Å². The van der Waals surface area contributed by atoms with E-state index >= 15 is 0 Å². The van der Waals surface area contributed by atoms with Crippen LogP contribution in [0.25, 0.3) is 44.5 Å². The number of hydrogen-bond donors (Lipinski definition) is 2. The fourth-order valence-electron chi connectivity index (χ4n) is 6.81. The fraction of sp³-hybridized carbons (Fsp3) is 0.0270. The number of benzene rings is 6. The van der Waals surface area contributed by atoms with Gasteiger partial charge >= 0.3 is 0 Å². The van der Waals surface area contributed by atoms with Crippen LogP contribution >= 0.6 is 0 Å². The lowest BCUT2D eigenvalue weighted by atomic mass is 9.70. The Kier molecular flexibility index (Phi) is 4.48. The van der Waals surface area contributed by atoms with Gasteiger partial charge in [0.15, 0.2) is 0 Å². The van der Waals surface area contributed by atoms with Gasteiger partial charge in [0.1, 0.15) is 11.5 Å². The maximum atomic E-state index is 9.88. The van der Waals surface area contributed by atoms with Crippen LogP contribution in [0.5, 0.6) is 11.5 Å². The normalized spacial score (nSPS) is 13.5. The van der Waals surface area contributed by atoms with Crippen molar-refractivity contribution in [2.24, 2.45) is 0 Å². The molecule has 6 aromatic carbocycles. The highest BCUT2D eigenvalue weighted by Crippen LogP contribution is 2.63. The van der Waals surface area contributed by atoms with E-state index in [1.165, 1.54) is 44.5 Å². The van der Waals surface area contributed by atoms with E-state index in [-0.39, 0.29) is 11.5 Å². The SMILES string of the molecule is Oc1ccc(-c2ccc3c(c2)C2(c4ccccc4-c4ccccc42)c2cc(-c4ccc(O)cc4)ccc2-3)cc1. The van der Waals surface area contributed by atoms with E-state index in [9.17, 15) is 10.2 Å². The van der Waals surface area contributed by atoms with E-state index in [1.807, 2.05) is 24.3 Å². The Hall–Kier alpha value is -5.08. The number of rotatable bonds is 2. The molecule has 0 aromatic heterocycles. The third kappa shape index (κ3) is 2.97. The first-order valence-corrected chi connectivity index (χ1v) is 13.2. The molecule has 0 amide bonds. The Morgan fingerprint density at radius 2 is 0.692 bits per heavy atom. The second-order valence-corrected chi connectivity index (χ2v) is 10.5. The molecule has 0 saturated heterocycles. The van der Waals surface area contributed by atoms with Gasteiger partial charge in [0.25, 0.3) is 0 Å². The quantitative estimate of drug-likeness (QED) is 0.249. The highest BCUT2D eigenvalue weighted by molar-refractivity contribution is 5.96. The second kappa shape index (κ2) is 7.96. The van der Waals surface area contributed by atoms with E-state index in [0.717, 1.165) is 22.3 Å². The number of fused-ring (bicyclic) bond motifs is 10. The Bertz CT molecular complexity index is 1770. The largest absolute Gasteiger partial charge is 0.508 e. The molecule has 39 heavy (non-hydrogen) atoms. The van der Waals surface area contributed by atoms with E-state index in [0.29, 0.717) is 0 Å². The van der Waals surface area contributed by atoms with Crippen LogP contribution in [0.15, 0.2) is 133 Å². The van der Waals surface area contributed by atoms with Crippen molar-refractivity contribution in [3.8, 4) is 56.0 Å². The van der Waals surface area contributed by atoms with E-state index in [2.05, 4.69) is 84.9 Å². The molecule has 2 N–H and O–H groups in total. The van der Waals surface area contributed by atoms with Crippen LogP contribution in [0.1, 0.15) is 22.3 Å². The van der Waals surface area contributed by atoms with Gasteiger partial charge in [-0.3, -0.25) is 0 Å². The lowest BCUT2D eigenvalue weighted by Crippen LogP contribution is -2.26. The third-order valence-electron chi connectivity index (χ3n) is 8.49. The zero-order valence-corrected chi connectivity index (χ0v) is 21.1. The van der Waals surface area contributed by atoms with Gasteiger partial charge in [0, 0.05) is 0 Å². The summed E-state index contributed by atoms with van der Waals surface area (Å²) in [7, 11) is 0. The molecular formula is C37H24O2. The van der Waals surface area contributed by atoms with Crippen molar-refractivity contribution in [1.82, 2.24) is 0 Å². The lowest BCUT2D eigenvalue weighted by molar-refractivity contribution is 0.475. The number of phenolic OH excluding ortho intramolecular Hbond substituents is 2. The molecule has 0 unspecified atom stereocenters. The summed E-state index contributed by atoms with van der Waals surface area (Å²) in [5.41, 5.74) is 14.2. The average Bonchev–Trinajstić information content (AvgIpc) is 3.44. The van der Waals surface area contributed by atoms with Crippen LogP contribution in [0.2, 0.25) is 0 Å². The van der Waals surface area contributed by atoms with Gasteiger partial charge < -0.3 is 10.2 Å². The van der Waals surface area contributed by atoms with Crippen molar-refractivity contribution in [3.63, 3.8) is 0 Å². The monoisotopic (exact) mass is 500 g/mol. The summed E-state index contributed by atoms with van der Waals surface area (Å²) in [6, 6.07) is 46.1. The minimum atomic E-state index is -0.447. The van der Waals surface area contributed by atoms with Crippen LogP contribution in [-0.4, -0.2) is 10.2 Å². The number of aromatic hydroxyl groups is 2. The summed E-state index contributed by atoms with van der Waals surface area (Å²) in [6.07, 6.45) is 0. The zero-order chi connectivity index (χ0) is 26.1. The van der Waals surface area contributed by atoms with Gasteiger partial charge in [-0.15, -0.1) is 0 Å². The van der Waals surface area contributed by atoms with E-state index in [1.54, 1.807) is 24.3 Å². The predicted octanol–water partition coefficient (Wildman–Crippen LogP) is 8.78. The summed E-state index contributed by atoms with van der Waals surface area (Å²) in [6.45, 7) is 0. The summed E-state index contributed by atoms with van der Waals surface area (Å²) in [5.74, 6) is 0.536. The van der Waals surface area contributed by atoms with Crippen molar-refractivity contribution in [1.29, 1.82) is 0 Å². The van der Waals surface area contributed by atoms with Gasteiger partial charge in [0.2, 0.25) is 0 Å². The fourth-order valence-corrected chi connectivity index (χ4v) is 6.81. The molecule has 2 aliphatic rings. The minimum Gasteiger partial charge on any atom is -0.508 e. The van der Waals surface area contributed by atoms with E-state index < -0.39 is 5.41 Å². The second-order valence-electron chi connectivity index (χ2n) is 10.5. The highest BCUT2D eigenvalue weighted by Gasteiger charge is 2.51. The third-order valence-corrected chi connectivity index (χ3v) is 8.49.